The summed E-state index contributed by atoms with van der Waals surface area (Å²) in [6.07, 6.45) is 1.81. The van der Waals surface area contributed by atoms with Crippen LogP contribution in [0.25, 0.3) is 11.1 Å². The molecule has 0 unspecified atom stereocenters. The zero-order valence-corrected chi connectivity index (χ0v) is 15.7. The third kappa shape index (κ3) is 3.91. The summed E-state index contributed by atoms with van der Waals surface area (Å²) in [6, 6.07) is 21.7. The number of aromatic hydroxyl groups is 2. The first-order valence-corrected chi connectivity index (χ1v) is 9.04. The van der Waals surface area contributed by atoms with Crippen LogP contribution in [-0.4, -0.2) is 10.2 Å². The molecule has 134 valence electrons. The highest BCUT2D eigenvalue weighted by Crippen LogP contribution is 2.41. The monoisotopic (exact) mass is 346 g/mol. The van der Waals surface area contributed by atoms with Crippen LogP contribution in [-0.2, 0) is 11.8 Å². The zero-order chi connectivity index (χ0) is 18.7. The summed E-state index contributed by atoms with van der Waals surface area (Å²) in [6.45, 7) is 6.24. The minimum atomic E-state index is -0.247. The smallest absolute Gasteiger partial charge is 0.123 e. The largest absolute Gasteiger partial charge is 0.508 e. The van der Waals surface area contributed by atoms with Gasteiger partial charge in [-0.3, -0.25) is 0 Å². The van der Waals surface area contributed by atoms with E-state index in [1.54, 1.807) is 12.1 Å². The van der Waals surface area contributed by atoms with Crippen molar-refractivity contribution in [2.75, 3.05) is 0 Å². The van der Waals surface area contributed by atoms with E-state index in [1.165, 1.54) is 5.56 Å². The second-order valence-electron chi connectivity index (χ2n) is 7.62. The van der Waals surface area contributed by atoms with Gasteiger partial charge in [0.25, 0.3) is 0 Å². The Labute approximate surface area is 155 Å². The van der Waals surface area contributed by atoms with Crippen LogP contribution in [0, 0.1) is 6.92 Å². The van der Waals surface area contributed by atoms with Gasteiger partial charge in [-0.15, -0.1) is 0 Å². The lowest BCUT2D eigenvalue weighted by Crippen LogP contribution is -2.18. The SMILES string of the molecule is Cc1ccc(-c2cc(O)c(C(C)(C)CCc3ccccc3)cc2O)cc1. The highest BCUT2D eigenvalue weighted by atomic mass is 16.3. The molecule has 3 aromatic carbocycles. The Hall–Kier alpha value is -2.74. The molecule has 3 aromatic rings. The molecule has 3 rings (SSSR count). The van der Waals surface area contributed by atoms with E-state index in [0.717, 1.165) is 29.5 Å². The van der Waals surface area contributed by atoms with Crippen molar-refractivity contribution in [3.8, 4) is 22.6 Å². The normalized spacial score (nSPS) is 11.5. The molecule has 26 heavy (non-hydrogen) atoms. The van der Waals surface area contributed by atoms with Crippen molar-refractivity contribution in [3.63, 3.8) is 0 Å². The summed E-state index contributed by atoms with van der Waals surface area (Å²) in [4.78, 5) is 0. The van der Waals surface area contributed by atoms with Crippen molar-refractivity contribution in [2.24, 2.45) is 0 Å². The second-order valence-corrected chi connectivity index (χ2v) is 7.62. The number of benzene rings is 3. The van der Waals surface area contributed by atoms with Crippen molar-refractivity contribution in [1.82, 2.24) is 0 Å². The average Bonchev–Trinajstić information content (AvgIpc) is 2.63. The van der Waals surface area contributed by atoms with Crippen LogP contribution in [0.3, 0.4) is 0 Å². The van der Waals surface area contributed by atoms with Crippen molar-refractivity contribution in [3.05, 3.63) is 83.4 Å². The van der Waals surface area contributed by atoms with Crippen molar-refractivity contribution >= 4 is 0 Å². The predicted octanol–water partition coefficient (Wildman–Crippen LogP) is 5.98. The Morgan fingerprint density at radius 3 is 2.12 bits per heavy atom. The highest BCUT2D eigenvalue weighted by molar-refractivity contribution is 5.73. The lowest BCUT2D eigenvalue weighted by molar-refractivity contribution is 0.413. The lowest BCUT2D eigenvalue weighted by Gasteiger charge is -2.27. The molecule has 2 N–H and O–H groups in total. The van der Waals surface area contributed by atoms with Gasteiger partial charge in [0.1, 0.15) is 11.5 Å². The van der Waals surface area contributed by atoms with E-state index in [1.807, 2.05) is 49.4 Å². The molecule has 0 spiro atoms. The maximum atomic E-state index is 10.7. The maximum Gasteiger partial charge on any atom is 0.123 e. The molecule has 0 aromatic heterocycles. The molecule has 0 fully saturated rings. The number of phenolic OH excluding ortho intramolecular Hbond substituents is 2. The average molecular weight is 346 g/mol. The molecule has 0 aliphatic rings. The minimum absolute atomic E-state index is 0.203. The summed E-state index contributed by atoms with van der Waals surface area (Å²) >= 11 is 0. The highest BCUT2D eigenvalue weighted by Gasteiger charge is 2.25. The summed E-state index contributed by atoms with van der Waals surface area (Å²) in [7, 11) is 0. The van der Waals surface area contributed by atoms with E-state index in [2.05, 4.69) is 26.0 Å². The van der Waals surface area contributed by atoms with E-state index in [4.69, 9.17) is 0 Å². The van der Waals surface area contributed by atoms with Gasteiger partial charge in [0.2, 0.25) is 0 Å². The fourth-order valence-electron chi connectivity index (χ4n) is 3.32. The van der Waals surface area contributed by atoms with Gasteiger partial charge in [0, 0.05) is 11.1 Å². The van der Waals surface area contributed by atoms with E-state index < -0.39 is 0 Å². The van der Waals surface area contributed by atoms with Gasteiger partial charge in [0.05, 0.1) is 0 Å². The van der Waals surface area contributed by atoms with E-state index in [0.29, 0.717) is 5.56 Å². The van der Waals surface area contributed by atoms with Gasteiger partial charge in [-0.05, 0) is 48.4 Å². The molecule has 0 saturated heterocycles. The fourth-order valence-corrected chi connectivity index (χ4v) is 3.32. The van der Waals surface area contributed by atoms with Crippen LogP contribution >= 0.6 is 0 Å². The number of rotatable bonds is 5. The Kier molecular flexibility index (Phi) is 5.03. The van der Waals surface area contributed by atoms with Gasteiger partial charge < -0.3 is 10.2 Å². The first-order valence-electron chi connectivity index (χ1n) is 9.04. The first kappa shape index (κ1) is 18.1. The van der Waals surface area contributed by atoms with Gasteiger partial charge in [-0.25, -0.2) is 0 Å². The Morgan fingerprint density at radius 1 is 0.808 bits per heavy atom. The van der Waals surface area contributed by atoms with E-state index in [-0.39, 0.29) is 16.9 Å². The van der Waals surface area contributed by atoms with Gasteiger partial charge >= 0.3 is 0 Å². The van der Waals surface area contributed by atoms with Crippen molar-refractivity contribution in [2.45, 2.75) is 39.0 Å². The molecule has 2 heteroatoms. The van der Waals surface area contributed by atoms with E-state index >= 15 is 0 Å². The molecule has 0 aliphatic carbocycles. The van der Waals surface area contributed by atoms with Crippen molar-refractivity contribution in [1.29, 1.82) is 0 Å². The zero-order valence-electron chi connectivity index (χ0n) is 15.7. The molecule has 0 atom stereocenters. The first-order chi connectivity index (χ1) is 12.4. The van der Waals surface area contributed by atoms with Gasteiger partial charge in [-0.2, -0.15) is 0 Å². The summed E-state index contributed by atoms with van der Waals surface area (Å²) in [5, 5.41) is 21.2. The molecule has 0 bridgehead atoms. The molecular formula is C24H26O2. The Bertz CT molecular complexity index is 878. The standard InChI is InChI=1S/C24H26O2/c1-17-9-11-19(12-10-17)20-15-23(26)21(16-22(20)25)24(2,3)14-13-18-7-5-4-6-8-18/h4-12,15-16,25-26H,13-14H2,1-3H3. The number of aryl methyl sites for hydroxylation is 2. The molecule has 0 heterocycles. The quantitative estimate of drug-likeness (QED) is 0.558. The minimum Gasteiger partial charge on any atom is -0.508 e. The van der Waals surface area contributed by atoms with E-state index in [9.17, 15) is 10.2 Å². The number of hydrogen-bond donors (Lipinski definition) is 2. The van der Waals surface area contributed by atoms with Crippen LogP contribution in [0.5, 0.6) is 11.5 Å². The fraction of sp³-hybridized carbons (Fsp3) is 0.250. The maximum absolute atomic E-state index is 10.7. The molecule has 2 nitrogen and oxygen atoms in total. The Morgan fingerprint density at radius 2 is 1.46 bits per heavy atom. The third-order valence-electron chi connectivity index (χ3n) is 5.09. The number of phenols is 2. The van der Waals surface area contributed by atoms with Crippen LogP contribution < -0.4 is 0 Å². The molecule has 0 amide bonds. The molecule has 0 saturated carbocycles. The molecule has 0 aliphatic heterocycles. The third-order valence-corrected chi connectivity index (χ3v) is 5.09. The van der Waals surface area contributed by atoms with Crippen LogP contribution in [0.4, 0.5) is 0 Å². The summed E-state index contributed by atoms with van der Waals surface area (Å²) in [5.74, 6) is 0.436. The van der Waals surface area contributed by atoms with Crippen LogP contribution in [0.15, 0.2) is 66.7 Å². The predicted molar refractivity (Wildman–Crippen MR) is 108 cm³/mol. The topological polar surface area (TPSA) is 40.5 Å². The van der Waals surface area contributed by atoms with Crippen LogP contribution in [0.1, 0.15) is 37.0 Å². The number of hydrogen-bond acceptors (Lipinski definition) is 2. The lowest BCUT2D eigenvalue weighted by atomic mass is 9.78. The second kappa shape index (κ2) is 7.25. The van der Waals surface area contributed by atoms with Crippen LogP contribution in [0.2, 0.25) is 0 Å². The van der Waals surface area contributed by atoms with Gasteiger partial charge in [0.15, 0.2) is 0 Å². The molecule has 0 radical (unpaired) electrons. The summed E-state index contributed by atoms with van der Waals surface area (Å²) < 4.78 is 0. The summed E-state index contributed by atoms with van der Waals surface area (Å²) in [5.41, 5.74) is 4.53. The van der Waals surface area contributed by atoms with Crippen molar-refractivity contribution < 1.29 is 10.2 Å². The van der Waals surface area contributed by atoms with Gasteiger partial charge in [-0.1, -0.05) is 74.0 Å². The Balaban J connectivity index is 1.87. The molecular weight excluding hydrogens is 320 g/mol.